The highest BCUT2D eigenvalue weighted by Gasteiger charge is 2.21. The van der Waals surface area contributed by atoms with Crippen molar-refractivity contribution < 1.29 is 0 Å². The smallest absolute Gasteiger partial charge is 0.0468 e. The van der Waals surface area contributed by atoms with Crippen LogP contribution in [0.4, 0.5) is 28.4 Å². The molecule has 0 saturated carbocycles. The average molecular weight is 873 g/mol. The quantitative estimate of drug-likeness (QED) is 0.126. The van der Waals surface area contributed by atoms with Gasteiger partial charge in [0.25, 0.3) is 0 Å². The summed E-state index contributed by atoms with van der Waals surface area (Å²) in [6, 6.07) is 82.4. The van der Waals surface area contributed by atoms with Gasteiger partial charge in [-0.2, -0.15) is 0 Å². The van der Waals surface area contributed by atoms with Crippen molar-refractivity contribution in [2.24, 2.45) is 0 Å². The molecule has 2 nitrogen and oxygen atoms in total. The maximum atomic E-state index is 2.43. The molecule has 0 amide bonds. The molecule has 10 aromatic rings. The van der Waals surface area contributed by atoms with Gasteiger partial charge in [0.05, 0.1) is 0 Å². The van der Waals surface area contributed by atoms with Crippen LogP contribution >= 0.6 is 0 Å². The lowest BCUT2D eigenvalue weighted by Crippen LogP contribution is -2.17. The summed E-state index contributed by atoms with van der Waals surface area (Å²) in [4.78, 5) is 4.79. The van der Waals surface area contributed by atoms with Crippen LogP contribution in [0.15, 0.2) is 254 Å². The minimum Gasteiger partial charge on any atom is -0.311 e. The Kier molecular flexibility index (Phi) is 11.1. The molecule has 2 aliphatic rings. The van der Waals surface area contributed by atoms with Gasteiger partial charge in [-0.25, -0.2) is 0 Å². The van der Waals surface area contributed by atoms with Gasteiger partial charge in [0.15, 0.2) is 0 Å². The van der Waals surface area contributed by atoms with Crippen molar-refractivity contribution in [1.29, 1.82) is 0 Å². The Morgan fingerprint density at radius 3 is 1.35 bits per heavy atom. The third-order valence-electron chi connectivity index (χ3n) is 14.2. The summed E-state index contributed by atoms with van der Waals surface area (Å²) in [6.45, 7) is 0. The van der Waals surface area contributed by atoms with Gasteiger partial charge >= 0.3 is 0 Å². The molecule has 0 heterocycles. The Balaban J connectivity index is 0.841. The number of hydrogen-bond acceptors (Lipinski definition) is 2. The predicted molar refractivity (Wildman–Crippen MR) is 291 cm³/mol. The molecule has 10 aromatic carbocycles. The molecular weight excluding hydrogens is 821 g/mol. The summed E-state index contributed by atoms with van der Waals surface area (Å²) in [7, 11) is 0. The van der Waals surface area contributed by atoms with E-state index in [2.05, 4.69) is 259 Å². The van der Waals surface area contributed by atoms with Gasteiger partial charge in [0.1, 0.15) is 0 Å². The number of benzene rings is 10. The van der Waals surface area contributed by atoms with Crippen molar-refractivity contribution in [2.75, 3.05) is 9.80 Å². The van der Waals surface area contributed by atoms with E-state index in [1.807, 2.05) is 0 Å². The predicted octanol–water partition coefficient (Wildman–Crippen LogP) is 18.7. The molecule has 1 unspecified atom stereocenters. The number of hydrogen-bond donors (Lipinski definition) is 0. The van der Waals surface area contributed by atoms with E-state index in [-0.39, 0.29) is 5.92 Å². The van der Waals surface area contributed by atoms with E-state index < -0.39 is 0 Å². The molecule has 2 aliphatic carbocycles. The van der Waals surface area contributed by atoms with E-state index in [0.29, 0.717) is 0 Å². The zero-order valence-electron chi connectivity index (χ0n) is 38.2. The summed E-state index contributed by atoms with van der Waals surface area (Å²) in [5, 5.41) is 7.67. The number of para-hydroxylation sites is 1. The Labute approximate surface area is 400 Å². The fourth-order valence-corrected chi connectivity index (χ4v) is 10.6. The topological polar surface area (TPSA) is 6.48 Å². The number of fused-ring (bicyclic) bond motifs is 6. The lowest BCUT2D eigenvalue weighted by atomic mass is 9.90. The van der Waals surface area contributed by atoms with Crippen LogP contribution in [0, 0.1) is 0 Å². The van der Waals surface area contributed by atoms with E-state index in [9.17, 15) is 0 Å². The van der Waals surface area contributed by atoms with Crippen molar-refractivity contribution in [2.45, 2.75) is 38.0 Å². The van der Waals surface area contributed by atoms with Crippen LogP contribution in [0.5, 0.6) is 0 Å². The van der Waals surface area contributed by atoms with Crippen molar-refractivity contribution in [1.82, 2.24) is 0 Å². The van der Waals surface area contributed by atoms with Gasteiger partial charge in [-0.05, 0) is 170 Å². The van der Waals surface area contributed by atoms with Crippen molar-refractivity contribution in [3.8, 4) is 22.3 Å². The molecule has 326 valence electrons. The average Bonchev–Trinajstić information content (AvgIpc) is 3.43. The fraction of sp³-hybridized carbons (Fsp3) is 0.0909. The Hall–Kier alpha value is -8.20. The minimum absolute atomic E-state index is 0.257. The van der Waals surface area contributed by atoms with Crippen molar-refractivity contribution >= 4 is 66.3 Å². The highest BCUT2D eigenvalue weighted by atomic mass is 15.1. The number of nitrogens with zero attached hydrogens (tertiary/aromatic N) is 2. The summed E-state index contributed by atoms with van der Waals surface area (Å²) in [5.74, 6) is 0.257. The molecule has 0 aliphatic heterocycles. The van der Waals surface area contributed by atoms with E-state index >= 15 is 0 Å². The SMILES string of the molecule is C1=CC(c2ccc(N(c3ccccc3)c3ccc(-c4ccc(C5=CCCCC5)cc4)cc3)cc2)CC=C1N(c1ccc(-c2ccccc2)cc1)c1ccc2c3ccccc3c3ccccc3c2c1. The largest absolute Gasteiger partial charge is 0.311 e. The standard InChI is InChI=1S/C66H52N2/c1-4-14-47(15-5-1)49-24-26-50(27-25-49)52-30-36-56(37-31-52)67(55-18-8-3-9-19-55)57-38-32-53(33-39-57)54-34-42-59(43-35-54)68(58-40-28-51(29-41-58)48-16-6-2-7-17-48)60-44-45-65-63-22-11-10-20-61(63)62-21-12-13-23-64(62)66(65)46-60/h2-3,6-14,16-34,36-46,54H,1,4-5,15,35H2. The summed E-state index contributed by atoms with van der Waals surface area (Å²) < 4.78 is 0. The molecule has 0 N–H and O–H groups in total. The monoisotopic (exact) mass is 872 g/mol. The van der Waals surface area contributed by atoms with Gasteiger partial charge in [0.2, 0.25) is 0 Å². The van der Waals surface area contributed by atoms with Crippen molar-refractivity contribution in [3.05, 3.63) is 266 Å². The summed E-state index contributed by atoms with van der Waals surface area (Å²) in [6.07, 6.45) is 15.5. The van der Waals surface area contributed by atoms with E-state index in [1.165, 1.54) is 103 Å². The Morgan fingerprint density at radius 2 is 0.794 bits per heavy atom. The normalized spacial score (nSPS) is 14.7. The van der Waals surface area contributed by atoms with Crippen LogP contribution in [-0.2, 0) is 0 Å². The maximum Gasteiger partial charge on any atom is 0.0468 e. The molecule has 0 aromatic heterocycles. The Morgan fingerprint density at radius 1 is 0.338 bits per heavy atom. The zero-order valence-corrected chi connectivity index (χ0v) is 38.2. The third kappa shape index (κ3) is 7.99. The first-order valence-corrected chi connectivity index (χ1v) is 24.2. The summed E-state index contributed by atoms with van der Waals surface area (Å²) in [5.41, 5.74) is 15.9. The first-order valence-electron chi connectivity index (χ1n) is 24.2. The number of anilines is 5. The summed E-state index contributed by atoms with van der Waals surface area (Å²) >= 11 is 0. The van der Waals surface area contributed by atoms with Crippen LogP contribution < -0.4 is 9.80 Å². The van der Waals surface area contributed by atoms with Gasteiger partial charge in [0, 0.05) is 40.1 Å². The van der Waals surface area contributed by atoms with Crippen LogP contribution in [-0.4, -0.2) is 0 Å². The van der Waals surface area contributed by atoms with Gasteiger partial charge in [-0.1, -0.05) is 182 Å². The lowest BCUT2D eigenvalue weighted by molar-refractivity contribution is 0.742. The highest BCUT2D eigenvalue weighted by Crippen LogP contribution is 2.42. The third-order valence-corrected chi connectivity index (χ3v) is 14.2. The van der Waals surface area contributed by atoms with Gasteiger partial charge in [-0.15, -0.1) is 0 Å². The fourth-order valence-electron chi connectivity index (χ4n) is 10.6. The van der Waals surface area contributed by atoms with Gasteiger partial charge in [-0.3, -0.25) is 0 Å². The van der Waals surface area contributed by atoms with E-state index in [4.69, 9.17) is 0 Å². The molecule has 1 atom stereocenters. The molecule has 0 bridgehead atoms. The number of rotatable bonds is 10. The first-order chi connectivity index (χ1) is 33.7. The van der Waals surface area contributed by atoms with Crippen molar-refractivity contribution in [3.63, 3.8) is 0 Å². The second-order valence-electron chi connectivity index (χ2n) is 18.3. The molecule has 68 heavy (non-hydrogen) atoms. The molecule has 2 heteroatoms. The maximum absolute atomic E-state index is 2.43. The first kappa shape index (κ1) is 41.2. The molecule has 0 saturated heterocycles. The molecule has 0 spiro atoms. The highest BCUT2D eigenvalue weighted by molar-refractivity contribution is 6.25. The van der Waals surface area contributed by atoms with Crippen LogP contribution in [0.3, 0.4) is 0 Å². The van der Waals surface area contributed by atoms with Crippen LogP contribution in [0.2, 0.25) is 0 Å². The molecule has 0 radical (unpaired) electrons. The molecule has 12 rings (SSSR count). The second kappa shape index (κ2) is 18.2. The van der Waals surface area contributed by atoms with E-state index in [0.717, 1.165) is 34.9 Å². The minimum atomic E-state index is 0.257. The van der Waals surface area contributed by atoms with Crippen LogP contribution in [0.1, 0.15) is 49.1 Å². The molecular formula is C66H52N2. The molecule has 0 fully saturated rings. The zero-order chi connectivity index (χ0) is 45.2. The van der Waals surface area contributed by atoms with Crippen LogP contribution in [0.25, 0.3) is 60.1 Å². The van der Waals surface area contributed by atoms with Gasteiger partial charge < -0.3 is 9.80 Å². The Bertz CT molecular complexity index is 3460. The second-order valence-corrected chi connectivity index (χ2v) is 18.3. The van der Waals surface area contributed by atoms with E-state index in [1.54, 1.807) is 0 Å². The number of allylic oxidation sites excluding steroid dienone is 5. The lowest BCUT2D eigenvalue weighted by Gasteiger charge is -2.30.